The molecule has 4 aromatic heterocycles. The number of rotatable bonds is 2. The predicted molar refractivity (Wildman–Crippen MR) is 162 cm³/mol. The van der Waals surface area contributed by atoms with Gasteiger partial charge < -0.3 is 44.3 Å². The number of aliphatic hydroxyl groups is 2. The van der Waals surface area contributed by atoms with Crippen molar-refractivity contribution in [3.63, 3.8) is 0 Å². The molecule has 0 radical (unpaired) electrons. The maximum Gasteiger partial charge on any atom is 0.472 e. The Morgan fingerprint density at radius 2 is 1.60 bits per heavy atom. The predicted octanol–water partition coefficient (Wildman–Crippen LogP) is 0.383. The van der Waals surface area contributed by atoms with Crippen molar-refractivity contribution >= 4 is 54.4 Å². The normalized spacial score (nSPS) is 38.0. The van der Waals surface area contributed by atoms with Gasteiger partial charge in [-0.3, -0.25) is 18.1 Å². The molecule has 3 saturated heterocycles. The van der Waals surface area contributed by atoms with E-state index in [9.17, 15) is 24.6 Å². The quantitative estimate of drug-likeness (QED) is 0.176. The molecular weight excluding hydrogens is 682 g/mol. The van der Waals surface area contributed by atoms with E-state index in [0.29, 0.717) is 5.65 Å². The van der Waals surface area contributed by atoms with Crippen molar-refractivity contribution in [2.75, 3.05) is 18.9 Å². The monoisotopic (exact) mass is 712 g/mol. The average Bonchev–Trinajstić information content (AvgIpc) is 3.74. The van der Waals surface area contributed by atoms with E-state index in [2.05, 4.69) is 24.9 Å². The smallest absolute Gasteiger partial charge is 0.387 e. The molecule has 0 amide bonds. The maximum absolute atomic E-state index is 13.3. The van der Waals surface area contributed by atoms with Crippen molar-refractivity contribution in [2.24, 2.45) is 0 Å². The van der Waals surface area contributed by atoms with Gasteiger partial charge in [0, 0.05) is 11.6 Å². The summed E-state index contributed by atoms with van der Waals surface area (Å²) in [5.74, 6) is 0.0904. The number of hydrogen-bond donors (Lipinski definition) is 5. The summed E-state index contributed by atoms with van der Waals surface area (Å²) in [5, 5.41) is 23.5. The van der Waals surface area contributed by atoms with Crippen molar-refractivity contribution in [3.8, 4) is 0 Å². The molecule has 22 heteroatoms. The van der Waals surface area contributed by atoms with Crippen molar-refractivity contribution < 1.29 is 52.1 Å². The molecule has 6 N–H and O–H groups in total. The van der Waals surface area contributed by atoms with Crippen LogP contribution in [0.1, 0.15) is 36.6 Å². The van der Waals surface area contributed by atoms with Gasteiger partial charge in [-0.05, 0) is 43.1 Å². The highest BCUT2D eigenvalue weighted by Crippen LogP contribution is 2.54. The number of fused-ring (bicyclic) bond motifs is 4. The summed E-state index contributed by atoms with van der Waals surface area (Å²) in [6, 6.07) is 0. The second kappa shape index (κ2) is 11.8. The van der Waals surface area contributed by atoms with Crippen LogP contribution in [0.2, 0.25) is 0 Å². The van der Waals surface area contributed by atoms with E-state index in [1.54, 1.807) is 4.57 Å². The lowest BCUT2D eigenvalue weighted by molar-refractivity contribution is -0.0635. The van der Waals surface area contributed by atoms with E-state index in [1.807, 2.05) is 6.20 Å². The van der Waals surface area contributed by atoms with Gasteiger partial charge in [-0.15, -0.1) is 0 Å². The van der Waals surface area contributed by atoms with E-state index in [1.165, 1.54) is 23.5 Å². The minimum Gasteiger partial charge on any atom is -0.387 e. The highest BCUT2D eigenvalue weighted by atomic mass is 32.5. The SMILES string of the molecule is Nc1ncnc2c1ncn2[C@@H]1O[C@@H]2COP(=O)(O)O[C@H]3[C@@H](O)[C@H](n4cc5c6c(ncnc64)CCCC5)O[C@@H]3COP(O)(=S)O[C@@H]1[C@@H]2O. The molecule has 2 bridgehead atoms. The molecule has 3 aliphatic heterocycles. The molecule has 8 rings (SSSR count). The zero-order valence-electron chi connectivity index (χ0n) is 24.3. The molecule has 2 unspecified atom stereocenters. The van der Waals surface area contributed by atoms with E-state index in [-0.39, 0.29) is 17.0 Å². The Kier molecular flexibility index (Phi) is 7.96. The van der Waals surface area contributed by atoms with Crippen LogP contribution >= 0.6 is 14.5 Å². The van der Waals surface area contributed by atoms with E-state index < -0.39 is 76.8 Å². The van der Waals surface area contributed by atoms with Crippen LogP contribution in [-0.2, 0) is 56.8 Å². The molecule has 0 saturated carbocycles. The number of hydrogen-bond acceptors (Lipinski definition) is 16. The number of nitrogen functional groups attached to an aromatic ring is 1. The first-order valence-electron chi connectivity index (χ1n) is 14.7. The lowest BCUT2D eigenvalue weighted by atomic mass is 10.1. The number of aromatic nitrogens is 7. The summed E-state index contributed by atoms with van der Waals surface area (Å²) in [6.07, 6.45) is -1.54. The topological polar surface area (TPSA) is 254 Å². The molecule has 10 atom stereocenters. The molecule has 4 aliphatic rings. The van der Waals surface area contributed by atoms with E-state index in [0.717, 1.165) is 42.3 Å². The number of nitrogens with two attached hydrogens (primary N) is 1. The minimum absolute atomic E-state index is 0.0904. The highest BCUT2D eigenvalue weighted by molar-refractivity contribution is 8.07. The number of phosphoric acid groups is 1. The third kappa shape index (κ3) is 5.60. The number of ether oxygens (including phenoxy) is 2. The molecule has 3 fully saturated rings. The standard InChI is InChI=1S/C25H30N8O11P2S/c26-21-16-23(30-9-28-21)33(10-31-16)25-20-17(34)13(41-25)6-39-45(36,37)43-19-14(7-40-46(38,47)44-20)42-24(18(19)35)32-5-11-3-1-2-4-12-15(11)22(32)29-8-27-12/h5,8-10,13-14,17-20,24-25,34-35H,1-4,6-7H2,(H,36,37)(H,38,47)(H2,26,28,30)/t13-,14-,17-,18-,19-,20-,24-,25-,46?/m1/s1. The molecule has 1 aliphatic carbocycles. The Morgan fingerprint density at radius 3 is 2.45 bits per heavy atom. The van der Waals surface area contributed by atoms with Crippen LogP contribution < -0.4 is 5.73 Å². The minimum atomic E-state index is -4.94. The summed E-state index contributed by atoms with van der Waals surface area (Å²) >= 11 is 5.31. The van der Waals surface area contributed by atoms with E-state index >= 15 is 0 Å². The Morgan fingerprint density at radius 1 is 0.851 bits per heavy atom. The Bertz CT molecular complexity index is 1950. The number of anilines is 1. The second-order valence-corrected chi connectivity index (χ2v) is 15.8. The van der Waals surface area contributed by atoms with Gasteiger partial charge >= 0.3 is 14.5 Å². The lowest BCUT2D eigenvalue weighted by Gasteiger charge is -2.27. The molecule has 4 aromatic rings. The fourth-order valence-corrected chi connectivity index (χ4v) is 8.96. The molecule has 0 aromatic carbocycles. The van der Waals surface area contributed by atoms with Crippen LogP contribution in [0.4, 0.5) is 5.82 Å². The number of aliphatic hydroxyl groups excluding tert-OH is 2. The largest absolute Gasteiger partial charge is 0.472 e. The highest BCUT2D eigenvalue weighted by Gasteiger charge is 2.53. The molecule has 252 valence electrons. The number of phosphoric ester groups is 1. The molecule has 19 nitrogen and oxygen atoms in total. The third-order valence-corrected chi connectivity index (χ3v) is 11.3. The van der Waals surface area contributed by atoms with Gasteiger partial charge in [-0.2, -0.15) is 0 Å². The van der Waals surface area contributed by atoms with Crippen LogP contribution in [-0.4, -0.2) is 104 Å². The van der Waals surface area contributed by atoms with Crippen molar-refractivity contribution in [1.82, 2.24) is 34.1 Å². The van der Waals surface area contributed by atoms with Crippen LogP contribution in [0.25, 0.3) is 22.2 Å². The van der Waals surface area contributed by atoms with Crippen molar-refractivity contribution in [3.05, 3.63) is 36.4 Å². The first-order chi connectivity index (χ1) is 22.5. The van der Waals surface area contributed by atoms with Gasteiger partial charge in [0.2, 0.25) is 0 Å². The zero-order chi connectivity index (χ0) is 32.7. The molecule has 0 spiro atoms. The zero-order valence-corrected chi connectivity index (χ0v) is 26.9. The fourth-order valence-electron chi connectivity index (χ4n) is 6.58. The second-order valence-electron chi connectivity index (χ2n) is 11.7. The van der Waals surface area contributed by atoms with Crippen LogP contribution in [0.3, 0.4) is 0 Å². The summed E-state index contributed by atoms with van der Waals surface area (Å²) in [7, 11) is -4.94. The summed E-state index contributed by atoms with van der Waals surface area (Å²) in [5.41, 5.74) is 8.78. The first-order valence-corrected chi connectivity index (χ1v) is 18.8. The average molecular weight is 713 g/mol. The van der Waals surface area contributed by atoms with Crippen LogP contribution in [0.5, 0.6) is 0 Å². The first kappa shape index (κ1) is 31.7. The van der Waals surface area contributed by atoms with Gasteiger partial charge in [0.25, 0.3) is 0 Å². The number of nitrogens with zero attached hydrogens (tertiary/aromatic N) is 7. The lowest BCUT2D eigenvalue weighted by Crippen LogP contribution is -2.36. The third-order valence-electron chi connectivity index (χ3n) is 8.75. The van der Waals surface area contributed by atoms with Gasteiger partial charge in [-0.25, -0.2) is 29.5 Å². The van der Waals surface area contributed by atoms with Crippen LogP contribution in [0, 0.1) is 0 Å². The van der Waals surface area contributed by atoms with Crippen LogP contribution in [0.15, 0.2) is 25.2 Å². The van der Waals surface area contributed by atoms with Crippen molar-refractivity contribution in [2.45, 2.75) is 74.8 Å². The van der Waals surface area contributed by atoms with Gasteiger partial charge in [-0.1, -0.05) is 0 Å². The summed E-state index contributed by atoms with van der Waals surface area (Å²) in [4.78, 5) is 43.1. The Hall–Kier alpha value is -2.55. The number of aryl methyl sites for hydroxylation is 2. The number of imidazole rings is 1. The van der Waals surface area contributed by atoms with E-state index in [4.69, 9.17) is 45.1 Å². The van der Waals surface area contributed by atoms with Crippen molar-refractivity contribution in [1.29, 1.82) is 0 Å². The summed E-state index contributed by atoms with van der Waals surface area (Å²) in [6.45, 7) is -5.39. The maximum atomic E-state index is 13.3. The molecule has 7 heterocycles. The van der Waals surface area contributed by atoms with Gasteiger partial charge in [0.15, 0.2) is 23.9 Å². The summed E-state index contributed by atoms with van der Waals surface area (Å²) < 4.78 is 50.6. The Balaban J connectivity index is 1.11. The fraction of sp³-hybridized carbons (Fsp3) is 0.560. The van der Waals surface area contributed by atoms with Gasteiger partial charge in [0.1, 0.15) is 60.4 Å². The Labute approximate surface area is 270 Å². The molecular formula is C25H30N8O11P2S. The van der Waals surface area contributed by atoms with Gasteiger partial charge in [0.05, 0.1) is 25.2 Å². The molecule has 47 heavy (non-hydrogen) atoms.